The van der Waals surface area contributed by atoms with Crippen LogP contribution in [0.1, 0.15) is 30.5 Å². The Kier molecular flexibility index (Phi) is 3.69. The number of allylic oxidation sites excluding steroid dienone is 2. The summed E-state index contributed by atoms with van der Waals surface area (Å²) in [5.41, 5.74) is 2.84. The zero-order chi connectivity index (χ0) is 10.4. The summed E-state index contributed by atoms with van der Waals surface area (Å²) >= 11 is 0. The Morgan fingerprint density at radius 3 is 1.86 bits per heavy atom. The third-order valence-electron chi connectivity index (χ3n) is 1.83. The Hall–Kier alpha value is -1.81. The van der Waals surface area contributed by atoms with E-state index in [2.05, 4.69) is 12.1 Å². The maximum atomic E-state index is 8.82. The molecule has 1 aromatic carbocycles. The van der Waals surface area contributed by atoms with Gasteiger partial charge in [0.1, 0.15) is 0 Å². The lowest BCUT2D eigenvalue weighted by Crippen LogP contribution is -1.81. The first-order valence-electron chi connectivity index (χ1n) is 4.60. The number of hydrogen-bond acceptors (Lipinski definition) is 1. The van der Waals surface area contributed by atoms with Gasteiger partial charge in [0.15, 0.2) is 0 Å². The molecule has 0 aliphatic carbocycles. The normalized spacial score (nSPS) is 10.9. The second-order valence-corrected chi connectivity index (χ2v) is 3.00. The van der Waals surface area contributed by atoms with Crippen molar-refractivity contribution in [1.29, 1.82) is 5.26 Å². The maximum absolute atomic E-state index is 8.82. The van der Waals surface area contributed by atoms with Crippen LogP contribution in [0.15, 0.2) is 30.4 Å². The SMILES string of the molecule is C/C=C/c1cc(C#N)cc(/C=C/C)c1. The van der Waals surface area contributed by atoms with Gasteiger partial charge in [-0.1, -0.05) is 24.3 Å². The fourth-order valence-electron chi connectivity index (χ4n) is 1.32. The van der Waals surface area contributed by atoms with E-state index in [1.54, 1.807) is 0 Å². The van der Waals surface area contributed by atoms with E-state index in [9.17, 15) is 0 Å². The van der Waals surface area contributed by atoms with Crippen molar-refractivity contribution in [3.05, 3.63) is 47.0 Å². The zero-order valence-electron chi connectivity index (χ0n) is 8.49. The Morgan fingerprint density at radius 2 is 1.50 bits per heavy atom. The van der Waals surface area contributed by atoms with Crippen molar-refractivity contribution in [2.45, 2.75) is 13.8 Å². The van der Waals surface area contributed by atoms with Crippen molar-refractivity contribution in [1.82, 2.24) is 0 Å². The van der Waals surface area contributed by atoms with Gasteiger partial charge >= 0.3 is 0 Å². The Balaban J connectivity index is 3.21. The molecular formula is C13H13N. The molecule has 0 spiro atoms. The lowest BCUT2D eigenvalue weighted by Gasteiger charge is -1.98. The first kappa shape index (κ1) is 10.3. The predicted molar refractivity (Wildman–Crippen MR) is 60.6 cm³/mol. The largest absolute Gasteiger partial charge is 0.192 e. The molecule has 0 heterocycles. The van der Waals surface area contributed by atoms with Gasteiger partial charge in [-0.05, 0) is 43.2 Å². The minimum atomic E-state index is 0.702. The second-order valence-electron chi connectivity index (χ2n) is 3.00. The van der Waals surface area contributed by atoms with Crippen molar-refractivity contribution in [3.63, 3.8) is 0 Å². The minimum absolute atomic E-state index is 0.702. The van der Waals surface area contributed by atoms with Crippen molar-refractivity contribution >= 4 is 12.2 Å². The van der Waals surface area contributed by atoms with Gasteiger partial charge in [-0.3, -0.25) is 0 Å². The summed E-state index contributed by atoms with van der Waals surface area (Å²) in [6, 6.07) is 7.98. The summed E-state index contributed by atoms with van der Waals surface area (Å²) < 4.78 is 0. The molecule has 0 bridgehead atoms. The van der Waals surface area contributed by atoms with Crippen LogP contribution in [0.3, 0.4) is 0 Å². The van der Waals surface area contributed by atoms with Gasteiger partial charge in [-0.25, -0.2) is 0 Å². The van der Waals surface area contributed by atoms with Crippen molar-refractivity contribution < 1.29 is 0 Å². The van der Waals surface area contributed by atoms with Gasteiger partial charge in [0.25, 0.3) is 0 Å². The third kappa shape index (κ3) is 2.60. The van der Waals surface area contributed by atoms with E-state index in [4.69, 9.17) is 5.26 Å². The summed E-state index contributed by atoms with van der Waals surface area (Å²) in [7, 11) is 0. The molecule has 0 saturated carbocycles. The first-order chi connectivity index (χ1) is 6.80. The fourth-order valence-corrected chi connectivity index (χ4v) is 1.32. The first-order valence-corrected chi connectivity index (χ1v) is 4.60. The summed E-state index contributed by atoms with van der Waals surface area (Å²) in [6.45, 7) is 3.93. The fraction of sp³-hybridized carbons (Fsp3) is 0.154. The topological polar surface area (TPSA) is 23.8 Å². The molecule has 14 heavy (non-hydrogen) atoms. The van der Waals surface area contributed by atoms with E-state index in [1.807, 2.05) is 50.3 Å². The molecule has 0 N–H and O–H groups in total. The second kappa shape index (κ2) is 5.04. The van der Waals surface area contributed by atoms with E-state index in [-0.39, 0.29) is 0 Å². The molecule has 70 valence electrons. The molecule has 0 aliphatic heterocycles. The van der Waals surface area contributed by atoms with Crippen molar-refractivity contribution in [3.8, 4) is 6.07 Å². The van der Waals surface area contributed by atoms with E-state index >= 15 is 0 Å². The number of benzene rings is 1. The van der Waals surface area contributed by atoms with Crippen LogP contribution in [-0.4, -0.2) is 0 Å². The van der Waals surface area contributed by atoms with Crippen molar-refractivity contribution in [2.24, 2.45) is 0 Å². The number of rotatable bonds is 2. The summed E-state index contributed by atoms with van der Waals surface area (Å²) in [5, 5.41) is 8.82. The highest BCUT2D eigenvalue weighted by atomic mass is 14.2. The quantitative estimate of drug-likeness (QED) is 0.687. The van der Waals surface area contributed by atoms with Crippen LogP contribution >= 0.6 is 0 Å². The van der Waals surface area contributed by atoms with Crippen LogP contribution in [0.25, 0.3) is 12.2 Å². The van der Waals surface area contributed by atoms with Gasteiger partial charge in [0.2, 0.25) is 0 Å². The average Bonchev–Trinajstić information content (AvgIpc) is 2.18. The van der Waals surface area contributed by atoms with Crippen LogP contribution in [0.4, 0.5) is 0 Å². The molecule has 0 fully saturated rings. The molecule has 1 rings (SSSR count). The molecule has 0 radical (unpaired) electrons. The van der Waals surface area contributed by atoms with Gasteiger partial charge < -0.3 is 0 Å². The molecule has 0 atom stereocenters. The van der Waals surface area contributed by atoms with Crippen LogP contribution in [0.2, 0.25) is 0 Å². The predicted octanol–water partition coefficient (Wildman–Crippen LogP) is 3.62. The Bertz CT molecular complexity index is 375. The van der Waals surface area contributed by atoms with E-state index < -0.39 is 0 Å². The van der Waals surface area contributed by atoms with Crippen LogP contribution in [0.5, 0.6) is 0 Å². The smallest absolute Gasteiger partial charge is 0.0992 e. The molecule has 1 heteroatoms. The molecule has 0 saturated heterocycles. The zero-order valence-corrected chi connectivity index (χ0v) is 8.49. The highest BCUT2D eigenvalue weighted by molar-refractivity contribution is 5.60. The molecular weight excluding hydrogens is 170 g/mol. The van der Waals surface area contributed by atoms with E-state index in [0.29, 0.717) is 5.56 Å². The van der Waals surface area contributed by atoms with Gasteiger partial charge in [0.05, 0.1) is 11.6 Å². The molecule has 1 nitrogen and oxygen atoms in total. The summed E-state index contributed by atoms with van der Waals surface area (Å²) in [4.78, 5) is 0. The van der Waals surface area contributed by atoms with Gasteiger partial charge in [0, 0.05) is 0 Å². The average molecular weight is 183 g/mol. The van der Waals surface area contributed by atoms with Crippen LogP contribution in [0, 0.1) is 11.3 Å². The van der Waals surface area contributed by atoms with E-state index in [1.165, 1.54) is 0 Å². The molecule has 0 unspecified atom stereocenters. The van der Waals surface area contributed by atoms with Gasteiger partial charge in [-0.15, -0.1) is 0 Å². The summed E-state index contributed by atoms with van der Waals surface area (Å²) in [5.74, 6) is 0. The van der Waals surface area contributed by atoms with Gasteiger partial charge in [-0.2, -0.15) is 5.26 Å². The number of hydrogen-bond donors (Lipinski definition) is 0. The lowest BCUT2D eigenvalue weighted by molar-refractivity contribution is 1.47. The molecule has 1 aromatic rings. The molecule has 0 amide bonds. The highest BCUT2D eigenvalue weighted by Gasteiger charge is 1.95. The molecule has 0 aromatic heterocycles. The third-order valence-corrected chi connectivity index (χ3v) is 1.83. The summed E-state index contributed by atoms with van der Waals surface area (Å²) in [6.07, 6.45) is 7.92. The Labute approximate surface area is 85.0 Å². The molecule has 0 aliphatic rings. The minimum Gasteiger partial charge on any atom is -0.192 e. The maximum Gasteiger partial charge on any atom is 0.0992 e. The van der Waals surface area contributed by atoms with Crippen LogP contribution < -0.4 is 0 Å². The Morgan fingerprint density at radius 1 is 1.00 bits per heavy atom. The highest BCUT2D eigenvalue weighted by Crippen LogP contribution is 2.12. The number of nitrogens with zero attached hydrogens (tertiary/aromatic N) is 1. The van der Waals surface area contributed by atoms with Crippen molar-refractivity contribution in [2.75, 3.05) is 0 Å². The standard InChI is InChI=1S/C13H13N/c1-3-5-11-7-12(6-4-2)9-13(8-11)10-14/h3-9H,1-2H3/b5-3+,6-4+. The van der Waals surface area contributed by atoms with E-state index in [0.717, 1.165) is 11.1 Å². The number of nitriles is 1. The lowest BCUT2D eigenvalue weighted by atomic mass is 10.1. The van der Waals surface area contributed by atoms with Crippen LogP contribution in [-0.2, 0) is 0 Å². The monoisotopic (exact) mass is 183 g/mol.